The first-order valence-electron chi connectivity index (χ1n) is 5.82. The van der Waals surface area contributed by atoms with Crippen LogP contribution in [-0.2, 0) is 0 Å². The van der Waals surface area contributed by atoms with Gasteiger partial charge in [0, 0.05) is 24.0 Å². The SMILES string of the molecule is CC(C)c1nsc(NCCCCN(C)C)n1. The molecule has 4 nitrogen and oxygen atoms in total. The van der Waals surface area contributed by atoms with Gasteiger partial charge in [0.05, 0.1) is 0 Å². The monoisotopic (exact) mass is 242 g/mol. The van der Waals surface area contributed by atoms with E-state index in [-0.39, 0.29) is 0 Å². The third-order valence-corrected chi connectivity index (χ3v) is 2.95. The zero-order valence-electron chi connectivity index (χ0n) is 10.7. The van der Waals surface area contributed by atoms with E-state index in [9.17, 15) is 0 Å². The molecule has 0 atom stereocenters. The fourth-order valence-electron chi connectivity index (χ4n) is 1.29. The summed E-state index contributed by atoms with van der Waals surface area (Å²) in [6.45, 7) is 6.36. The first-order valence-corrected chi connectivity index (χ1v) is 6.59. The molecule has 0 spiro atoms. The Balaban J connectivity index is 2.17. The van der Waals surface area contributed by atoms with Gasteiger partial charge in [-0.1, -0.05) is 13.8 Å². The largest absolute Gasteiger partial charge is 0.360 e. The van der Waals surface area contributed by atoms with Crippen LogP contribution in [0.25, 0.3) is 0 Å². The summed E-state index contributed by atoms with van der Waals surface area (Å²) in [4.78, 5) is 6.64. The smallest absolute Gasteiger partial charge is 0.202 e. The third-order valence-electron chi connectivity index (χ3n) is 2.27. The van der Waals surface area contributed by atoms with Gasteiger partial charge < -0.3 is 10.2 Å². The predicted octanol–water partition coefficient (Wildman–Crippen LogP) is 2.42. The van der Waals surface area contributed by atoms with Gasteiger partial charge in [0.15, 0.2) is 0 Å². The highest BCUT2D eigenvalue weighted by atomic mass is 32.1. The number of nitrogens with one attached hydrogen (secondary N) is 1. The molecule has 0 fully saturated rings. The molecule has 16 heavy (non-hydrogen) atoms. The molecule has 0 saturated carbocycles. The molecule has 0 radical (unpaired) electrons. The zero-order valence-corrected chi connectivity index (χ0v) is 11.5. The minimum Gasteiger partial charge on any atom is -0.360 e. The average molecular weight is 242 g/mol. The lowest BCUT2D eigenvalue weighted by Gasteiger charge is -2.08. The van der Waals surface area contributed by atoms with Crippen molar-refractivity contribution in [2.75, 3.05) is 32.5 Å². The number of aromatic nitrogens is 2. The lowest BCUT2D eigenvalue weighted by molar-refractivity contribution is 0.396. The van der Waals surface area contributed by atoms with Crippen LogP contribution >= 0.6 is 11.5 Å². The van der Waals surface area contributed by atoms with E-state index in [0.717, 1.165) is 24.0 Å². The quantitative estimate of drug-likeness (QED) is 0.746. The maximum atomic E-state index is 4.43. The van der Waals surface area contributed by atoms with E-state index in [4.69, 9.17) is 0 Å². The molecule has 0 aliphatic heterocycles. The molecule has 0 aliphatic rings. The van der Waals surface area contributed by atoms with Crippen LogP contribution in [0.5, 0.6) is 0 Å². The summed E-state index contributed by atoms with van der Waals surface area (Å²) in [6, 6.07) is 0. The molecule has 0 unspecified atom stereocenters. The number of hydrogen-bond acceptors (Lipinski definition) is 5. The Kier molecular flexibility index (Phi) is 5.69. The number of anilines is 1. The van der Waals surface area contributed by atoms with Gasteiger partial charge in [-0.3, -0.25) is 0 Å². The highest BCUT2D eigenvalue weighted by Gasteiger charge is 2.06. The van der Waals surface area contributed by atoms with Gasteiger partial charge in [0.25, 0.3) is 0 Å². The number of nitrogens with zero attached hydrogens (tertiary/aromatic N) is 3. The Morgan fingerprint density at radius 1 is 1.31 bits per heavy atom. The fraction of sp³-hybridized carbons (Fsp3) is 0.818. The van der Waals surface area contributed by atoms with Crippen molar-refractivity contribution in [2.45, 2.75) is 32.6 Å². The standard InChI is InChI=1S/C11H22N4S/c1-9(2)10-13-11(16-14-10)12-7-5-6-8-15(3)4/h9H,5-8H2,1-4H3,(H,12,13,14). The molecule has 1 rings (SSSR count). The molecule has 0 amide bonds. The van der Waals surface area contributed by atoms with E-state index in [1.165, 1.54) is 24.4 Å². The summed E-state index contributed by atoms with van der Waals surface area (Å²) in [5.74, 6) is 1.36. The van der Waals surface area contributed by atoms with Crippen molar-refractivity contribution in [3.05, 3.63) is 5.82 Å². The van der Waals surface area contributed by atoms with Crippen LogP contribution in [0.4, 0.5) is 5.13 Å². The predicted molar refractivity (Wildman–Crippen MR) is 70.3 cm³/mol. The summed E-state index contributed by atoms with van der Waals surface area (Å²) in [5, 5.41) is 4.27. The van der Waals surface area contributed by atoms with Gasteiger partial charge >= 0.3 is 0 Å². The molecule has 0 bridgehead atoms. The second-order valence-electron chi connectivity index (χ2n) is 4.55. The summed E-state index contributed by atoms with van der Waals surface area (Å²) in [5.41, 5.74) is 0. The van der Waals surface area contributed by atoms with Gasteiger partial charge in [-0.2, -0.15) is 4.37 Å². The summed E-state index contributed by atoms with van der Waals surface area (Å²) < 4.78 is 4.30. The van der Waals surface area contributed by atoms with Crippen molar-refractivity contribution in [1.29, 1.82) is 0 Å². The van der Waals surface area contributed by atoms with Gasteiger partial charge in [-0.25, -0.2) is 4.98 Å². The van der Waals surface area contributed by atoms with E-state index in [2.05, 4.69) is 47.5 Å². The topological polar surface area (TPSA) is 41.1 Å². The zero-order chi connectivity index (χ0) is 12.0. The Morgan fingerprint density at radius 3 is 2.62 bits per heavy atom. The maximum Gasteiger partial charge on any atom is 0.202 e. The van der Waals surface area contributed by atoms with Crippen molar-refractivity contribution in [3.63, 3.8) is 0 Å². The lowest BCUT2D eigenvalue weighted by atomic mass is 10.2. The molecule has 1 aromatic heterocycles. The van der Waals surface area contributed by atoms with E-state index in [0.29, 0.717) is 5.92 Å². The van der Waals surface area contributed by atoms with Crippen LogP contribution in [-0.4, -0.2) is 41.4 Å². The molecule has 1 aromatic rings. The van der Waals surface area contributed by atoms with Gasteiger partial charge in [0.2, 0.25) is 5.13 Å². The second-order valence-corrected chi connectivity index (χ2v) is 5.30. The van der Waals surface area contributed by atoms with Crippen molar-refractivity contribution in [3.8, 4) is 0 Å². The second kappa shape index (κ2) is 6.81. The lowest BCUT2D eigenvalue weighted by Crippen LogP contribution is -2.14. The molecule has 0 saturated heterocycles. The van der Waals surface area contributed by atoms with Gasteiger partial charge in [-0.15, -0.1) is 0 Å². The molecular weight excluding hydrogens is 220 g/mol. The third kappa shape index (κ3) is 4.90. The number of unbranched alkanes of at least 4 members (excludes halogenated alkanes) is 1. The van der Waals surface area contributed by atoms with E-state index in [1.807, 2.05) is 0 Å². The number of hydrogen-bond donors (Lipinski definition) is 1. The van der Waals surface area contributed by atoms with Crippen LogP contribution < -0.4 is 5.32 Å². The normalized spacial score (nSPS) is 11.4. The molecule has 92 valence electrons. The first-order chi connectivity index (χ1) is 7.59. The van der Waals surface area contributed by atoms with Gasteiger partial charge in [0.1, 0.15) is 5.82 Å². The highest BCUT2D eigenvalue weighted by Crippen LogP contribution is 2.17. The Labute approximate surface area is 102 Å². The fourth-order valence-corrected chi connectivity index (χ4v) is 2.02. The average Bonchev–Trinajstić information content (AvgIpc) is 2.65. The van der Waals surface area contributed by atoms with E-state index in [1.54, 1.807) is 0 Å². The summed E-state index contributed by atoms with van der Waals surface area (Å²) in [6.07, 6.45) is 2.39. The molecular formula is C11H22N4S. The van der Waals surface area contributed by atoms with Crippen molar-refractivity contribution in [1.82, 2.24) is 14.3 Å². The van der Waals surface area contributed by atoms with Crippen molar-refractivity contribution in [2.24, 2.45) is 0 Å². The summed E-state index contributed by atoms with van der Waals surface area (Å²) >= 11 is 1.46. The Morgan fingerprint density at radius 2 is 2.06 bits per heavy atom. The van der Waals surface area contributed by atoms with Crippen LogP contribution in [0.1, 0.15) is 38.4 Å². The minimum absolute atomic E-state index is 0.417. The molecule has 1 heterocycles. The van der Waals surface area contributed by atoms with Crippen LogP contribution in [0.2, 0.25) is 0 Å². The highest BCUT2D eigenvalue weighted by molar-refractivity contribution is 7.09. The molecule has 0 aromatic carbocycles. The van der Waals surface area contributed by atoms with E-state index < -0.39 is 0 Å². The summed E-state index contributed by atoms with van der Waals surface area (Å²) in [7, 11) is 4.21. The molecule has 1 N–H and O–H groups in total. The molecule has 5 heteroatoms. The van der Waals surface area contributed by atoms with E-state index >= 15 is 0 Å². The Bertz CT molecular complexity index is 296. The number of rotatable bonds is 7. The van der Waals surface area contributed by atoms with Crippen LogP contribution in [0, 0.1) is 0 Å². The van der Waals surface area contributed by atoms with Crippen molar-refractivity contribution < 1.29 is 0 Å². The maximum absolute atomic E-state index is 4.43. The molecule has 0 aliphatic carbocycles. The minimum atomic E-state index is 0.417. The Hall–Kier alpha value is -0.680. The van der Waals surface area contributed by atoms with Crippen LogP contribution in [0.15, 0.2) is 0 Å². The first kappa shape index (κ1) is 13.4. The van der Waals surface area contributed by atoms with Crippen molar-refractivity contribution >= 4 is 16.7 Å². The van der Waals surface area contributed by atoms with Crippen LogP contribution in [0.3, 0.4) is 0 Å². The van der Waals surface area contributed by atoms with Gasteiger partial charge in [-0.05, 0) is 33.5 Å².